The Morgan fingerprint density at radius 1 is 0.481 bits per heavy atom. The second kappa shape index (κ2) is 11.4. The van der Waals surface area contributed by atoms with E-state index in [0.29, 0.717) is 17.5 Å². The summed E-state index contributed by atoms with van der Waals surface area (Å²) in [7, 11) is 0. The molecule has 3 heterocycles. The molecule has 12 rings (SSSR count). The Hall–Kier alpha value is -6.69. The van der Waals surface area contributed by atoms with Gasteiger partial charge in [-0.25, -0.2) is 15.0 Å². The molecule has 0 atom stereocenters. The molecule has 0 N–H and O–H groups in total. The minimum absolute atomic E-state index is 0.621. The van der Waals surface area contributed by atoms with Gasteiger partial charge in [0.25, 0.3) is 0 Å². The van der Waals surface area contributed by atoms with E-state index in [9.17, 15) is 0 Å². The minimum Gasteiger partial charge on any atom is -0.456 e. The number of rotatable bonds is 4. The molecule has 4 nitrogen and oxygen atoms in total. The number of fused-ring (bicyclic) bond motifs is 9. The van der Waals surface area contributed by atoms with Crippen LogP contribution in [0.5, 0.6) is 0 Å². The first-order valence-electron chi connectivity index (χ1n) is 18.4. The van der Waals surface area contributed by atoms with Crippen LogP contribution in [0.3, 0.4) is 0 Å². The monoisotopic (exact) mass is 707 g/mol. The molecule has 7 aromatic carbocycles. The highest BCUT2D eigenvalue weighted by Gasteiger charge is 2.29. The standard InChI is InChI=1S/C49H29N3OS/c1-2-10-29(11-3-1)47-50-48(31-23-25-43-38(27-31)33-14-4-5-21-42(33)54-43)52-49(51-47)37-19-9-20-41-46(37)39-26-30(22-24-40(39)53-41)32-15-8-17-35-34-16-6-12-28-13-7-18-36(44(28)34)45(32)35/h1-7,9-14,16-27H,8,15H2. The first-order chi connectivity index (χ1) is 26.7. The molecule has 0 unspecified atom stereocenters. The molecule has 54 heavy (non-hydrogen) atoms. The summed E-state index contributed by atoms with van der Waals surface area (Å²) in [5.74, 6) is 1.90. The SMILES string of the molecule is C1=C2C(=C(c3ccc4oc5cccc(-c6nc(-c7ccccc7)nc(-c7ccc8sc9ccccc9c8c7)n6)c5c4c3)CC1)c1cccc3cccc2c13. The fourth-order valence-corrected chi connectivity index (χ4v) is 9.86. The zero-order valence-electron chi connectivity index (χ0n) is 29.0. The van der Waals surface area contributed by atoms with E-state index in [1.54, 1.807) is 0 Å². The number of aromatic nitrogens is 3. The number of thiophene rings is 1. The maximum absolute atomic E-state index is 6.55. The van der Waals surface area contributed by atoms with Gasteiger partial charge in [-0.15, -0.1) is 11.3 Å². The smallest absolute Gasteiger partial charge is 0.164 e. The lowest BCUT2D eigenvalue weighted by atomic mass is 9.85. The van der Waals surface area contributed by atoms with Gasteiger partial charge in [0.15, 0.2) is 17.5 Å². The summed E-state index contributed by atoms with van der Waals surface area (Å²) in [4.78, 5) is 15.5. The van der Waals surface area contributed by atoms with Crippen LogP contribution in [-0.4, -0.2) is 15.0 Å². The zero-order valence-corrected chi connectivity index (χ0v) is 29.8. The first-order valence-corrected chi connectivity index (χ1v) is 19.2. The molecule has 5 heteroatoms. The van der Waals surface area contributed by atoms with E-state index < -0.39 is 0 Å². The molecule has 0 spiro atoms. The van der Waals surface area contributed by atoms with Crippen molar-refractivity contribution in [1.29, 1.82) is 0 Å². The van der Waals surface area contributed by atoms with E-state index in [2.05, 4.69) is 121 Å². The third-order valence-corrected chi connectivity index (χ3v) is 12.3. The third-order valence-electron chi connectivity index (χ3n) is 11.2. The summed E-state index contributed by atoms with van der Waals surface area (Å²) < 4.78 is 9.07. The number of hydrogen-bond donors (Lipinski definition) is 0. The van der Waals surface area contributed by atoms with E-state index in [1.165, 1.54) is 64.4 Å². The molecule has 0 radical (unpaired) electrons. The molecular weight excluding hydrogens is 679 g/mol. The van der Waals surface area contributed by atoms with Gasteiger partial charge in [0.1, 0.15) is 11.2 Å². The largest absolute Gasteiger partial charge is 0.456 e. The van der Waals surface area contributed by atoms with E-state index in [1.807, 2.05) is 41.7 Å². The van der Waals surface area contributed by atoms with Gasteiger partial charge < -0.3 is 4.42 Å². The molecule has 10 aromatic rings. The molecule has 252 valence electrons. The molecule has 2 aliphatic rings. The zero-order chi connectivity index (χ0) is 35.3. The Morgan fingerprint density at radius 3 is 2.11 bits per heavy atom. The van der Waals surface area contributed by atoms with Crippen molar-refractivity contribution in [1.82, 2.24) is 15.0 Å². The molecule has 0 aliphatic heterocycles. The van der Waals surface area contributed by atoms with E-state index >= 15 is 0 Å². The van der Waals surface area contributed by atoms with Gasteiger partial charge in [-0.1, -0.05) is 109 Å². The van der Waals surface area contributed by atoms with E-state index in [0.717, 1.165) is 51.5 Å². The summed E-state index contributed by atoms with van der Waals surface area (Å²) in [6, 6.07) is 51.6. The van der Waals surface area contributed by atoms with Crippen molar-refractivity contribution in [3.05, 3.63) is 168 Å². The highest BCUT2D eigenvalue weighted by atomic mass is 32.1. The average molecular weight is 708 g/mol. The lowest BCUT2D eigenvalue weighted by Gasteiger charge is -2.19. The van der Waals surface area contributed by atoms with Crippen molar-refractivity contribution in [2.75, 3.05) is 0 Å². The minimum atomic E-state index is 0.621. The van der Waals surface area contributed by atoms with Crippen LogP contribution in [0.15, 0.2) is 156 Å². The highest BCUT2D eigenvalue weighted by molar-refractivity contribution is 7.25. The molecule has 0 saturated carbocycles. The Labute approximate surface area is 314 Å². The van der Waals surface area contributed by atoms with E-state index in [-0.39, 0.29) is 0 Å². The number of furan rings is 1. The normalized spacial score (nSPS) is 13.8. The predicted molar refractivity (Wildman–Crippen MR) is 224 cm³/mol. The van der Waals surface area contributed by atoms with Crippen molar-refractivity contribution in [2.24, 2.45) is 0 Å². The molecule has 3 aromatic heterocycles. The fourth-order valence-electron chi connectivity index (χ4n) is 8.77. The fraction of sp³-hybridized carbons (Fsp3) is 0.0408. The van der Waals surface area contributed by atoms with Gasteiger partial charge in [0.05, 0.1) is 0 Å². The van der Waals surface area contributed by atoms with Gasteiger partial charge in [0, 0.05) is 47.6 Å². The summed E-state index contributed by atoms with van der Waals surface area (Å²) in [6.45, 7) is 0. The number of hydrogen-bond acceptors (Lipinski definition) is 5. The van der Waals surface area contributed by atoms with Crippen LogP contribution in [0.1, 0.15) is 29.5 Å². The van der Waals surface area contributed by atoms with Gasteiger partial charge in [-0.2, -0.15) is 0 Å². The second-order valence-corrected chi connectivity index (χ2v) is 15.3. The van der Waals surface area contributed by atoms with Crippen LogP contribution in [0, 0.1) is 0 Å². The lowest BCUT2D eigenvalue weighted by Crippen LogP contribution is -2.00. The van der Waals surface area contributed by atoms with Crippen molar-refractivity contribution < 1.29 is 4.42 Å². The van der Waals surface area contributed by atoms with Gasteiger partial charge >= 0.3 is 0 Å². The number of allylic oxidation sites excluding steroid dienone is 4. The van der Waals surface area contributed by atoms with Crippen molar-refractivity contribution >= 4 is 80.9 Å². The molecule has 0 fully saturated rings. The Morgan fingerprint density at radius 2 is 1.20 bits per heavy atom. The topological polar surface area (TPSA) is 51.8 Å². The lowest BCUT2D eigenvalue weighted by molar-refractivity contribution is 0.669. The van der Waals surface area contributed by atoms with Crippen LogP contribution in [0.4, 0.5) is 0 Å². The summed E-state index contributed by atoms with van der Waals surface area (Å²) in [6.07, 6.45) is 4.42. The van der Waals surface area contributed by atoms with Crippen LogP contribution >= 0.6 is 11.3 Å². The summed E-state index contributed by atoms with van der Waals surface area (Å²) >= 11 is 1.81. The second-order valence-electron chi connectivity index (χ2n) is 14.2. The Kier molecular flexibility index (Phi) is 6.30. The molecule has 0 saturated heterocycles. The predicted octanol–water partition coefficient (Wildman–Crippen LogP) is 13.4. The molecule has 2 aliphatic carbocycles. The molecule has 0 amide bonds. The molecule has 0 bridgehead atoms. The summed E-state index contributed by atoms with van der Waals surface area (Å²) in [5, 5.41) is 7.19. The maximum atomic E-state index is 6.55. The van der Waals surface area contributed by atoms with Crippen LogP contribution in [-0.2, 0) is 0 Å². The highest BCUT2D eigenvalue weighted by Crippen LogP contribution is 2.52. The average Bonchev–Trinajstić information content (AvgIpc) is 3.91. The van der Waals surface area contributed by atoms with Crippen LogP contribution in [0.25, 0.3) is 104 Å². The Balaban J connectivity index is 1.07. The Bertz CT molecular complexity index is 3270. The van der Waals surface area contributed by atoms with Crippen LogP contribution < -0.4 is 0 Å². The van der Waals surface area contributed by atoms with Crippen molar-refractivity contribution in [3.63, 3.8) is 0 Å². The first kappa shape index (κ1) is 29.8. The molecular formula is C49H29N3OS. The van der Waals surface area contributed by atoms with Crippen molar-refractivity contribution in [2.45, 2.75) is 12.8 Å². The maximum Gasteiger partial charge on any atom is 0.164 e. The number of nitrogens with zero attached hydrogens (tertiary/aromatic N) is 3. The quantitative estimate of drug-likeness (QED) is 0.183. The summed E-state index contributed by atoms with van der Waals surface area (Å²) in [5.41, 5.74) is 12.5. The van der Waals surface area contributed by atoms with Crippen LogP contribution in [0.2, 0.25) is 0 Å². The van der Waals surface area contributed by atoms with Gasteiger partial charge in [-0.05, 0) is 99.5 Å². The third kappa shape index (κ3) is 4.39. The van der Waals surface area contributed by atoms with Crippen molar-refractivity contribution in [3.8, 4) is 34.2 Å². The van der Waals surface area contributed by atoms with E-state index in [4.69, 9.17) is 19.4 Å². The van der Waals surface area contributed by atoms with Gasteiger partial charge in [0.2, 0.25) is 0 Å². The van der Waals surface area contributed by atoms with Gasteiger partial charge in [-0.3, -0.25) is 0 Å². The number of benzene rings is 7.